The maximum atomic E-state index is 6.56. The lowest BCUT2D eigenvalue weighted by Crippen LogP contribution is -2.55. The Kier molecular flexibility index (Phi) is 4.15. The Bertz CT molecular complexity index is 944. The van der Waals surface area contributed by atoms with Gasteiger partial charge in [0.1, 0.15) is 5.82 Å². The largest absolute Gasteiger partial charge is 0.360 e. The average molecular weight is 420 g/mol. The van der Waals surface area contributed by atoms with Crippen molar-refractivity contribution in [1.82, 2.24) is 15.3 Å². The van der Waals surface area contributed by atoms with Gasteiger partial charge in [-0.05, 0) is 31.0 Å². The second-order valence-corrected chi connectivity index (χ2v) is 8.79. The van der Waals surface area contributed by atoms with Crippen molar-refractivity contribution >= 4 is 54.9 Å². The van der Waals surface area contributed by atoms with E-state index >= 15 is 0 Å². The lowest BCUT2D eigenvalue weighted by atomic mass is 10.0. The van der Waals surface area contributed by atoms with E-state index < -0.39 is 0 Å². The zero-order valence-electron chi connectivity index (χ0n) is 14.7. The van der Waals surface area contributed by atoms with Gasteiger partial charge in [0.05, 0.1) is 27.0 Å². The van der Waals surface area contributed by atoms with Crippen molar-refractivity contribution in [3.05, 3.63) is 52.3 Å². The normalized spacial score (nSPS) is 19.9. The Morgan fingerprint density at radius 2 is 2.04 bits per heavy atom. The summed E-state index contributed by atoms with van der Waals surface area (Å²) < 4.78 is 0. The van der Waals surface area contributed by atoms with Crippen LogP contribution in [-0.4, -0.2) is 35.1 Å². The number of nitrogens with one attached hydrogen (secondary N) is 2. The molecule has 27 heavy (non-hydrogen) atoms. The van der Waals surface area contributed by atoms with Crippen LogP contribution in [0.1, 0.15) is 18.4 Å². The molecular weight excluding hydrogens is 400 g/mol. The molecule has 0 bridgehead atoms. The van der Waals surface area contributed by atoms with Crippen molar-refractivity contribution in [1.29, 1.82) is 0 Å². The fraction of sp³-hybridized carbons (Fsp3) is 0.316. The predicted molar refractivity (Wildman–Crippen MR) is 116 cm³/mol. The Morgan fingerprint density at radius 1 is 1.19 bits per heavy atom. The number of hydrogen-bond donors (Lipinski definition) is 2. The van der Waals surface area contributed by atoms with Gasteiger partial charge in [-0.15, -0.1) is 9.24 Å². The van der Waals surface area contributed by atoms with E-state index in [9.17, 15) is 0 Å². The smallest absolute Gasteiger partial charge is 0.135 e. The van der Waals surface area contributed by atoms with Gasteiger partial charge in [0.15, 0.2) is 0 Å². The summed E-state index contributed by atoms with van der Waals surface area (Å²) in [7, 11) is 2.76. The number of piperazine rings is 1. The van der Waals surface area contributed by atoms with Gasteiger partial charge in [-0.3, -0.25) is 0 Å². The lowest BCUT2D eigenvalue weighted by molar-refractivity contribution is 0.243. The van der Waals surface area contributed by atoms with E-state index in [2.05, 4.69) is 40.9 Å². The van der Waals surface area contributed by atoms with Crippen molar-refractivity contribution < 1.29 is 0 Å². The molecule has 1 aromatic carbocycles. The van der Waals surface area contributed by atoms with Crippen LogP contribution in [0.3, 0.4) is 0 Å². The minimum atomic E-state index is 0.137. The van der Waals surface area contributed by atoms with E-state index in [1.54, 1.807) is 6.20 Å². The molecule has 0 radical (unpaired) electrons. The summed E-state index contributed by atoms with van der Waals surface area (Å²) in [6.45, 7) is 2.78. The minimum absolute atomic E-state index is 0.137. The number of rotatable bonds is 2. The predicted octanol–water partition coefficient (Wildman–Crippen LogP) is 3.47. The fourth-order valence-corrected chi connectivity index (χ4v) is 5.15. The van der Waals surface area contributed by atoms with Crippen molar-refractivity contribution in [2.24, 2.45) is 0 Å². The highest BCUT2D eigenvalue weighted by Gasteiger charge is 2.53. The van der Waals surface area contributed by atoms with E-state index in [-0.39, 0.29) is 5.54 Å². The van der Waals surface area contributed by atoms with Gasteiger partial charge in [-0.25, -0.2) is 4.98 Å². The molecule has 5 nitrogen and oxygen atoms in total. The molecule has 5 rings (SSSR count). The van der Waals surface area contributed by atoms with Crippen molar-refractivity contribution in [2.45, 2.75) is 18.4 Å². The highest BCUT2D eigenvalue weighted by atomic mass is 35.5. The first-order valence-corrected chi connectivity index (χ1v) is 10.3. The second kappa shape index (κ2) is 6.44. The standard InChI is InChI=1S/C19H20Cl2N5P/c20-12-8-16(27)18(22-9-12)25-6-7-26(19(11-25)4-5-19)15-10-23-24-14-3-1-2-13(21)17(14)15/h1-3,8-10,23-24H,4-7,11,27H2. The van der Waals surface area contributed by atoms with Gasteiger partial charge < -0.3 is 20.7 Å². The molecule has 140 valence electrons. The number of nitrogens with zero attached hydrogens (tertiary/aromatic N) is 3. The zero-order chi connectivity index (χ0) is 18.6. The molecule has 3 heterocycles. The number of halogens is 2. The van der Waals surface area contributed by atoms with E-state index in [0.717, 1.165) is 47.0 Å². The first-order chi connectivity index (χ1) is 13.1. The lowest BCUT2D eigenvalue weighted by Gasteiger charge is -2.46. The van der Waals surface area contributed by atoms with Gasteiger partial charge in [0, 0.05) is 42.9 Å². The summed E-state index contributed by atoms with van der Waals surface area (Å²) >= 11 is 12.6. The number of aromatic nitrogens is 1. The molecule has 1 saturated carbocycles. The van der Waals surface area contributed by atoms with Crippen LogP contribution in [0.15, 0.2) is 36.7 Å². The molecule has 1 aliphatic carbocycles. The quantitative estimate of drug-likeness (QED) is 0.729. The van der Waals surface area contributed by atoms with Crippen molar-refractivity contribution in [3.8, 4) is 0 Å². The highest BCUT2D eigenvalue weighted by molar-refractivity contribution is 7.28. The van der Waals surface area contributed by atoms with E-state index in [4.69, 9.17) is 23.2 Å². The molecule has 1 unspecified atom stereocenters. The number of hydrazine groups is 1. The molecule has 2 aliphatic heterocycles. The first kappa shape index (κ1) is 17.4. The van der Waals surface area contributed by atoms with E-state index in [0.29, 0.717) is 5.02 Å². The molecule has 8 heteroatoms. The maximum Gasteiger partial charge on any atom is 0.135 e. The van der Waals surface area contributed by atoms with E-state index in [1.807, 2.05) is 24.4 Å². The first-order valence-electron chi connectivity index (χ1n) is 9.02. The molecule has 1 atom stereocenters. The van der Waals surface area contributed by atoms with Gasteiger partial charge in [0.25, 0.3) is 0 Å². The Morgan fingerprint density at radius 3 is 2.81 bits per heavy atom. The topological polar surface area (TPSA) is 43.4 Å². The zero-order valence-corrected chi connectivity index (χ0v) is 17.3. The van der Waals surface area contributed by atoms with E-state index in [1.165, 1.54) is 18.5 Å². The molecule has 0 amide bonds. The summed E-state index contributed by atoms with van der Waals surface area (Å²) in [5.41, 5.74) is 9.78. The Balaban J connectivity index is 1.46. The third-order valence-corrected chi connectivity index (χ3v) is 6.56. The number of pyridine rings is 1. The average Bonchev–Trinajstić information content (AvgIpc) is 3.41. The van der Waals surface area contributed by atoms with Crippen LogP contribution < -0.4 is 21.1 Å². The van der Waals surface area contributed by atoms with Crippen LogP contribution in [0.25, 0.3) is 5.70 Å². The molecular formula is C19H20Cl2N5P. The van der Waals surface area contributed by atoms with Gasteiger partial charge in [-0.2, -0.15) is 0 Å². The number of fused-ring (bicyclic) bond motifs is 1. The van der Waals surface area contributed by atoms with Crippen LogP contribution in [0.5, 0.6) is 0 Å². The molecule has 1 saturated heterocycles. The summed E-state index contributed by atoms with van der Waals surface area (Å²) in [5, 5.41) is 2.49. The third kappa shape index (κ3) is 2.93. The number of anilines is 2. The van der Waals surface area contributed by atoms with Crippen molar-refractivity contribution in [2.75, 3.05) is 30.0 Å². The number of hydrogen-bond acceptors (Lipinski definition) is 5. The summed E-state index contributed by atoms with van der Waals surface area (Å²) in [4.78, 5) is 9.49. The Labute approximate surface area is 170 Å². The van der Waals surface area contributed by atoms with Crippen molar-refractivity contribution in [3.63, 3.8) is 0 Å². The monoisotopic (exact) mass is 419 g/mol. The van der Waals surface area contributed by atoms with Crippen LogP contribution in [0.4, 0.5) is 11.5 Å². The SMILES string of the molecule is Pc1cc(Cl)cnc1N1CCN(C2=CNNc3cccc(Cl)c32)C2(CC2)C1. The minimum Gasteiger partial charge on any atom is -0.360 e. The number of benzene rings is 1. The van der Waals surface area contributed by atoms with Crippen LogP contribution in [-0.2, 0) is 0 Å². The summed E-state index contributed by atoms with van der Waals surface area (Å²) in [6.07, 6.45) is 6.11. The third-order valence-electron chi connectivity index (χ3n) is 5.62. The second-order valence-electron chi connectivity index (χ2n) is 7.33. The van der Waals surface area contributed by atoms with Gasteiger partial charge >= 0.3 is 0 Å². The molecule has 2 aromatic rings. The summed E-state index contributed by atoms with van der Waals surface area (Å²) in [6, 6.07) is 7.93. The molecule has 1 spiro atoms. The summed E-state index contributed by atoms with van der Waals surface area (Å²) in [5.74, 6) is 1.01. The van der Waals surface area contributed by atoms with Gasteiger partial charge in [0.2, 0.25) is 0 Å². The molecule has 3 aliphatic rings. The molecule has 2 N–H and O–H groups in total. The highest BCUT2D eigenvalue weighted by Crippen LogP contribution is 2.50. The van der Waals surface area contributed by atoms with Crippen LogP contribution >= 0.6 is 32.4 Å². The van der Waals surface area contributed by atoms with Crippen LogP contribution in [0, 0.1) is 0 Å². The maximum absolute atomic E-state index is 6.56. The fourth-order valence-electron chi connectivity index (χ4n) is 4.17. The Hall–Kier alpha value is -1.68. The molecule has 1 aromatic heterocycles. The molecule has 2 fully saturated rings. The van der Waals surface area contributed by atoms with Gasteiger partial charge in [-0.1, -0.05) is 29.3 Å². The van der Waals surface area contributed by atoms with Crippen LogP contribution in [0.2, 0.25) is 10.0 Å².